The molecule has 0 aromatic carbocycles. The van der Waals surface area contributed by atoms with Crippen molar-refractivity contribution in [3.8, 4) is 0 Å². The Balaban J connectivity index is 1.73. The lowest BCUT2D eigenvalue weighted by atomic mass is 9.80. The Bertz CT molecular complexity index is 203. The van der Waals surface area contributed by atoms with Gasteiger partial charge in [-0.15, -0.1) is 0 Å². The second-order valence-electron chi connectivity index (χ2n) is 5.96. The Morgan fingerprint density at radius 2 is 1.75 bits per heavy atom. The zero-order chi connectivity index (χ0) is 11.4. The van der Waals surface area contributed by atoms with Crippen LogP contribution in [0.3, 0.4) is 0 Å². The molecule has 0 bridgehead atoms. The molecule has 2 heteroatoms. The second-order valence-corrected chi connectivity index (χ2v) is 5.96. The Morgan fingerprint density at radius 3 is 2.50 bits per heavy atom. The van der Waals surface area contributed by atoms with Gasteiger partial charge in [-0.2, -0.15) is 0 Å². The van der Waals surface area contributed by atoms with Gasteiger partial charge >= 0.3 is 0 Å². The van der Waals surface area contributed by atoms with Crippen molar-refractivity contribution < 1.29 is 0 Å². The van der Waals surface area contributed by atoms with E-state index in [1.54, 1.807) is 0 Å². The quantitative estimate of drug-likeness (QED) is 0.770. The maximum absolute atomic E-state index is 5.82. The highest BCUT2D eigenvalue weighted by Crippen LogP contribution is 2.30. The molecule has 2 nitrogen and oxygen atoms in total. The molecule has 2 fully saturated rings. The molecule has 16 heavy (non-hydrogen) atoms. The van der Waals surface area contributed by atoms with Gasteiger partial charge in [0.1, 0.15) is 0 Å². The van der Waals surface area contributed by atoms with Crippen molar-refractivity contribution in [2.45, 2.75) is 57.9 Å². The van der Waals surface area contributed by atoms with E-state index in [1.165, 1.54) is 51.5 Å². The van der Waals surface area contributed by atoms with Gasteiger partial charge in [-0.3, -0.25) is 0 Å². The molecule has 0 amide bonds. The van der Waals surface area contributed by atoms with Crippen LogP contribution in [0, 0.1) is 17.8 Å². The van der Waals surface area contributed by atoms with E-state index in [0.29, 0.717) is 0 Å². The first-order chi connectivity index (χ1) is 7.81. The third kappa shape index (κ3) is 2.98. The number of rotatable bonds is 4. The topological polar surface area (TPSA) is 38.0 Å². The van der Waals surface area contributed by atoms with Crippen molar-refractivity contribution in [2.24, 2.45) is 23.5 Å². The molecule has 3 N–H and O–H groups in total. The highest BCUT2D eigenvalue weighted by atomic mass is 14.9. The Morgan fingerprint density at radius 1 is 1.00 bits per heavy atom. The molecule has 4 atom stereocenters. The van der Waals surface area contributed by atoms with Crippen molar-refractivity contribution in [1.29, 1.82) is 0 Å². The maximum Gasteiger partial charge on any atom is 0.0107 e. The van der Waals surface area contributed by atoms with Crippen LogP contribution in [0.5, 0.6) is 0 Å². The summed E-state index contributed by atoms with van der Waals surface area (Å²) in [5.41, 5.74) is 5.82. The van der Waals surface area contributed by atoms with E-state index in [9.17, 15) is 0 Å². The Kier molecular flexibility index (Phi) is 4.66. The minimum Gasteiger partial charge on any atom is -0.330 e. The molecule has 0 spiro atoms. The zero-order valence-corrected chi connectivity index (χ0v) is 10.8. The first-order valence-corrected chi connectivity index (χ1v) is 7.24. The van der Waals surface area contributed by atoms with Crippen LogP contribution in [0.2, 0.25) is 0 Å². The lowest BCUT2D eigenvalue weighted by Crippen LogP contribution is -2.40. The Labute approximate surface area is 100 Å². The monoisotopic (exact) mass is 224 g/mol. The molecule has 0 heterocycles. The van der Waals surface area contributed by atoms with Gasteiger partial charge in [-0.1, -0.05) is 32.6 Å². The summed E-state index contributed by atoms with van der Waals surface area (Å²) in [4.78, 5) is 0. The number of hydrogen-bond donors (Lipinski definition) is 2. The first kappa shape index (κ1) is 12.4. The summed E-state index contributed by atoms with van der Waals surface area (Å²) >= 11 is 0. The van der Waals surface area contributed by atoms with Gasteiger partial charge < -0.3 is 11.1 Å². The van der Waals surface area contributed by atoms with Crippen molar-refractivity contribution in [1.82, 2.24) is 5.32 Å². The predicted octanol–water partition coefficient (Wildman–Crippen LogP) is 2.53. The standard InChI is InChI=1S/C14H28N2/c1-11-5-2-3-6-13(11)10-16-14-8-4-7-12(14)9-15/h11-14,16H,2-10,15H2,1H3. The van der Waals surface area contributed by atoms with Gasteiger partial charge in [0.2, 0.25) is 0 Å². The molecule has 0 aromatic heterocycles. The molecule has 0 radical (unpaired) electrons. The van der Waals surface area contributed by atoms with Gasteiger partial charge in [-0.05, 0) is 50.1 Å². The fourth-order valence-electron chi connectivity index (χ4n) is 3.59. The van der Waals surface area contributed by atoms with E-state index in [1.807, 2.05) is 0 Å². The fraction of sp³-hybridized carbons (Fsp3) is 1.00. The minimum absolute atomic E-state index is 0.721. The van der Waals surface area contributed by atoms with Crippen LogP contribution < -0.4 is 11.1 Å². The van der Waals surface area contributed by atoms with Crippen LogP contribution in [-0.2, 0) is 0 Å². The van der Waals surface area contributed by atoms with E-state index >= 15 is 0 Å². The molecular weight excluding hydrogens is 196 g/mol. The number of nitrogens with two attached hydrogens (primary N) is 1. The SMILES string of the molecule is CC1CCCCC1CNC1CCCC1CN. The smallest absolute Gasteiger partial charge is 0.0107 e. The molecule has 2 aliphatic rings. The molecule has 2 rings (SSSR count). The third-order valence-corrected chi connectivity index (χ3v) is 4.89. The van der Waals surface area contributed by atoms with Crippen molar-refractivity contribution in [3.63, 3.8) is 0 Å². The average Bonchev–Trinajstić information content (AvgIpc) is 2.75. The molecular formula is C14H28N2. The lowest BCUT2D eigenvalue weighted by Gasteiger charge is -2.31. The van der Waals surface area contributed by atoms with Crippen LogP contribution >= 0.6 is 0 Å². The van der Waals surface area contributed by atoms with Crippen LogP contribution in [0.1, 0.15) is 51.9 Å². The van der Waals surface area contributed by atoms with Crippen molar-refractivity contribution >= 4 is 0 Å². The summed E-state index contributed by atoms with van der Waals surface area (Å²) in [5.74, 6) is 2.60. The molecule has 0 aliphatic heterocycles. The molecule has 0 aromatic rings. The van der Waals surface area contributed by atoms with Crippen LogP contribution in [0.25, 0.3) is 0 Å². The van der Waals surface area contributed by atoms with Crippen LogP contribution in [0.15, 0.2) is 0 Å². The highest BCUT2D eigenvalue weighted by molar-refractivity contribution is 4.85. The lowest BCUT2D eigenvalue weighted by molar-refractivity contribution is 0.234. The van der Waals surface area contributed by atoms with Gasteiger partial charge in [0.05, 0.1) is 0 Å². The predicted molar refractivity (Wildman–Crippen MR) is 69.3 cm³/mol. The summed E-state index contributed by atoms with van der Waals surface area (Å²) in [6, 6.07) is 0.721. The maximum atomic E-state index is 5.82. The van der Waals surface area contributed by atoms with E-state index in [4.69, 9.17) is 5.73 Å². The average molecular weight is 224 g/mol. The van der Waals surface area contributed by atoms with E-state index in [2.05, 4.69) is 12.2 Å². The number of nitrogens with one attached hydrogen (secondary N) is 1. The summed E-state index contributed by atoms with van der Waals surface area (Å²) in [5, 5.41) is 3.80. The first-order valence-electron chi connectivity index (χ1n) is 7.24. The van der Waals surface area contributed by atoms with E-state index in [0.717, 1.165) is 30.3 Å². The second kappa shape index (κ2) is 6.02. The minimum atomic E-state index is 0.721. The van der Waals surface area contributed by atoms with Crippen LogP contribution in [0.4, 0.5) is 0 Å². The van der Waals surface area contributed by atoms with E-state index in [-0.39, 0.29) is 0 Å². The van der Waals surface area contributed by atoms with Gasteiger partial charge in [0.25, 0.3) is 0 Å². The zero-order valence-electron chi connectivity index (χ0n) is 10.8. The summed E-state index contributed by atoms with van der Waals surface area (Å²) in [6.45, 7) is 4.54. The van der Waals surface area contributed by atoms with Crippen molar-refractivity contribution in [3.05, 3.63) is 0 Å². The van der Waals surface area contributed by atoms with Gasteiger partial charge in [0.15, 0.2) is 0 Å². The fourth-order valence-corrected chi connectivity index (χ4v) is 3.59. The highest BCUT2D eigenvalue weighted by Gasteiger charge is 2.27. The molecule has 2 saturated carbocycles. The molecule has 94 valence electrons. The van der Waals surface area contributed by atoms with Crippen molar-refractivity contribution in [2.75, 3.05) is 13.1 Å². The molecule has 0 saturated heterocycles. The summed E-state index contributed by atoms with van der Waals surface area (Å²) < 4.78 is 0. The normalized spacial score (nSPS) is 40.1. The third-order valence-electron chi connectivity index (χ3n) is 4.89. The van der Waals surface area contributed by atoms with E-state index < -0.39 is 0 Å². The van der Waals surface area contributed by atoms with Gasteiger partial charge in [-0.25, -0.2) is 0 Å². The summed E-state index contributed by atoms with van der Waals surface area (Å²) in [6.07, 6.45) is 9.84. The largest absolute Gasteiger partial charge is 0.330 e. The molecule has 2 aliphatic carbocycles. The summed E-state index contributed by atoms with van der Waals surface area (Å²) in [7, 11) is 0. The molecule has 4 unspecified atom stereocenters. The Hall–Kier alpha value is -0.0800. The number of hydrogen-bond acceptors (Lipinski definition) is 2. The van der Waals surface area contributed by atoms with Gasteiger partial charge in [0, 0.05) is 6.04 Å². The van der Waals surface area contributed by atoms with Crippen LogP contribution in [-0.4, -0.2) is 19.1 Å².